The highest BCUT2D eigenvalue weighted by atomic mass is 35.5. The number of ketones is 1. The van der Waals surface area contributed by atoms with Crippen LogP contribution in [0.2, 0.25) is 10.0 Å². The van der Waals surface area contributed by atoms with Crippen molar-refractivity contribution in [2.75, 3.05) is 18.4 Å². The summed E-state index contributed by atoms with van der Waals surface area (Å²) in [6, 6.07) is 4.65. The van der Waals surface area contributed by atoms with E-state index in [2.05, 4.69) is 5.32 Å². The normalized spacial score (nSPS) is 19.1. The third kappa shape index (κ3) is 3.44. The van der Waals surface area contributed by atoms with Gasteiger partial charge in [-0.2, -0.15) is 0 Å². The van der Waals surface area contributed by atoms with Crippen molar-refractivity contribution >= 4 is 40.7 Å². The van der Waals surface area contributed by atoms with Crippen molar-refractivity contribution in [3.63, 3.8) is 0 Å². The number of rotatable bonds is 2. The lowest BCUT2D eigenvalue weighted by Gasteiger charge is -2.31. The van der Waals surface area contributed by atoms with E-state index in [1.54, 1.807) is 23.1 Å². The molecule has 6 heteroatoms. The zero-order valence-corrected chi connectivity index (χ0v) is 12.7. The molecule has 1 atom stereocenters. The number of hydrogen-bond acceptors (Lipinski definition) is 2. The molecular weight excluding hydrogens is 299 g/mol. The van der Waals surface area contributed by atoms with Crippen molar-refractivity contribution in [1.29, 1.82) is 0 Å². The largest absolute Gasteiger partial charge is 0.323 e. The van der Waals surface area contributed by atoms with E-state index in [0.29, 0.717) is 35.2 Å². The number of piperidine rings is 1. The summed E-state index contributed by atoms with van der Waals surface area (Å²) < 4.78 is 0. The van der Waals surface area contributed by atoms with Crippen LogP contribution in [0.3, 0.4) is 0 Å². The quantitative estimate of drug-likeness (QED) is 0.902. The molecule has 2 amide bonds. The van der Waals surface area contributed by atoms with Crippen molar-refractivity contribution in [3.8, 4) is 0 Å². The summed E-state index contributed by atoms with van der Waals surface area (Å²) in [7, 11) is 0. The highest BCUT2D eigenvalue weighted by Gasteiger charge is 2.28. The van der Waals surface area contributed by atoms with Crippen molar-refractivity contribution < 1.29 is 9.59 Å². The standard InChI is InChI=1S/C14H16Cl2N2O2/c1-2-9-8-18(6-5-13(9)19)14(20)17-12-7-10(15)3-4-11(12)16/h3-4,7,9H,2,5-6,8H2,1H3,(H,17,20). The highest BCUT2D eigenvalue weighted by Crippen LogP contribution is 2.26. The van der Waals surface area contributed by atoms with E-state index in [9.17, 15) is 9.59 Å². The Labute approximate surface area is 128 Å². The molecule has 1 aromatic rings. The zero-order valence-electron chi connectivity index (χ0n) is 11.2. The van der Waals surface area contributed by atoms with Gasteiger partial charge in [-0.1, -0.05) is 30.1 Å². The topological polar surface area (TPSA) is 49.4 Å². The molecule has 0 radical (unpaired) electrons. The smallest absolute Gasteiger partial charge is 0.321 e. The van der Waals surface area contributed by atoms with E-state index in [4.69, 9.17) is 23.2 Å². The maximum Gasteiger partial charge on any atom is 0.321 e. The van der Waals surface area contributed by atoms with Gasteiger partial charge in [0.05, 0.1) is 10.7 Å². The number of nitrogens with one attached hydrogen (secondary N) is 1. The fourth-order valence-corrected chi connectivity index (χ4v) is 2.57. The van der Waals surface area contributed by atoms with Crippen LogP contribution in [-0.2, 0) is 4.79 Å². The molecule has 108 valence electrons. The molecular formula is C14H16Cl2N2O2. The number of nitrogens with zero attached hydrogens (tertiary/aromatic N) is 1. The van der Waals surface area contributed by atoms with Crippen molar-refractivity contribution in [2.45, 2.75) is 19.8 Å². The Bertz CT molecular complexity index is 534. The molecule has 1 heterocycles. The number of hydrogen-bond donors (Lipinski definition) is 1. The van der Waals surface area contributed by atoms with E-state index in [1.807, 2.05) is 6.92 Å². The molecule has 1 fully saturated rings. The summed E-state index contributed by atoms with van der Waals surface area (Å²) in [5.74, 6) is 0.168. The van der Waals surface area contributed by atoms with E-state index in [0.717, 1.165) is 6.42 Å². The third-order valence-electron chi connectivity index (χ3n) is 3.47. The Hall–Kier alpha value is -1.26. The Morgan fingerprint density at radius 2 is 2.20 bits per heavy atom. The first-order valence-corrected chi connectivity index (χ1v) is 7.30. The molecule has 0 saturated carbocycles. The molecule has 20 heavy (non-hydrogen) atoms. The lowest BCUT2D eigenvalue weighted by Crippen LogP contribution is -2.45. The molecule has 0 spiro atoms. The second-order valence-corrected chi connectivity index (χ2v) is 5.67. The maximum absolute atomic E-state index is 12.2. The fourth-order valence-electron chi connectivity index (χ4n) is 2.24. The van der Waals surface area contributed by atoms with Crippen LogP contribution in [0, 0.1) is 5.92 Å². The van der Waals surface area contributed by atoms with Gasteiger partial charge in [0.2, 0.25) is 0 Å². The van der Waals surface area contributed by atoms with Gasteiger partial charge in [-0.25, -0.2) is 4.79 Å². The molecule has 1 saturated heterocycles. The SMILES string of the molecule is CCC1CN(C(=O)Nc2cc(Cl)ccc2Cl)CCC1=O. The average Bonchev–Trinajstić information content (AvgIpc) is 2.43. The lowest BCUT2D eigenvalue weighted by molar-refractivity contribution is -0.125. The Kier molecular flexibility index (Phi) is 4.89. The van der Waals surface area contributed by atoms with Gasteiger partial charge in [-0.3, -0.25) is 4.79 Å². The van der Waals surface area contributed by atoms with Gasteiger partial charge in [0, 0.05) is 30.5 Å². The number of benzene rings is 1. The predicted octanol–water partition coefficient (Wildman–Crippen LogP) is 3.83. The van der Waals surface area contributed by atoms with Crippen LogP contribution in [0.5, 0.6) is 0 Å². The summed E-state index contributed by atoms with van der Waals surface area (Å²) in [6.45, 7) is 2.86. The Morgan fingerprint density at radius 1 is 1.45 bits per heavy atom. The number of carbonyl (C=O) groups excluding carboxylic acids is 2. The summed E-state index contributed by atoms with van der Waals surface area (Å²) >= 11 is 11.9. The number of Topliss-reactive ketones (excluding diaryl/α,β-unsaturated/α-hetero) is 1. The molecule has 0 aliphatic carbocycles. The monoisotopic (exact) mass is 314 g/mol. The molecule has 1 unspecified atom stereocenters. The molecule has 1 aliphatic heterocycles. The van der Waals surface area contributed by atoms with Gasteiger partial charge in [0.1, 0.15) is 5.78 Å². The first-order chi connectivity index (χ1) is 9.51. The lowest BCUT2D eigenvalue weighted by atomic mass is 9.94. The maximum atomic E-state index is 12.2. The molecule has 1 N–H and O–H groups in total. The minimum Gasteiger partial charge on any atom is -0.323 e. The molecule has 2 rings (SSSR count). The second kappa shape index (κ2) is 6.46. The van der Waals surface area contributed by atoms with Crippen LogP contribution < -0.4 is 5.32 Å². The van der Waals surface area contributed by atoms with Crippen LogP contribution in [0.4, 0.5) is 10.5 Å². The minimum atomic E-state index is -0.250. The van der Waals surface area contributed by atoms with Gasteiger partial charge in [-0.15, -0.1) is 0 Å². The van der Waals surface area contributed by atoms with E-state index >= 15 is 0 Å². The van der Waals surface area contributed by atoms with Crippen LogP contribution >= 0.6 is 23.2 Å². The Balaban J connectivity index is 2.05. The van der Waals surface area contributed by atoms with Crippen molar-refractivity contribution in [1.82, 2.24) is 4.90 Å². The number of urea groups is 1. The minimum absolute atomic E-state index is 0.0654. The van der Waals surface area contributed by atoms with Crippen LogP contribution in [0.1, 0.15) is 19.8 Å². The van der Waals surface area contributed by atoms with E-state index < -0.39 is 0 Å². The van der Waals surface area contributed by atoms with Crippen molar-refractivity contribution in [3.05, 3.63) is 28.2 Å². The van der Waals surface area contributed by atoms with Crippen LogP contribution in [0.25, 0.3) is 0 Å². The van der Waals surface area contributed by atoms with E-state index in [1.165, 1.54) is 0 Å². The van der Waals surface area contributed by atoms with Gasteiger partial charge < -0.3 is 10.2 Å². The van der Waals surface area contributed by atoms with Crippen LogP contribution in [0.15, 0.2) is 18.2 Å². The summed E-state index contributed by atoms with van der Waals surface area (Å²) in [5, 5.41) is 3.68. The zero-order chi connectivity index (χ0) is 14.7. The molecule has 0 bridgehead atoms. The highest BCUT2D eigenvalue weighted by molar-refractivity contribution is 6.35. The van der Waals surface area contributed by atoms with Crippen molar-refractivity contribution in [2.24, 2.45) is 5.92 Å². The average molecular weight is 315 g/mol. The Morgan fingerprint density at radius 3 is 2.90 bits per heavy atom. The third-order valence-corrected chi connectivity index (χ3v) is 4.04. The molecule has 0 aromatic heterocycles. The van der Waals surface area contributed by atoms with E-state index in [-0.39, 0.29) is 17.7 Å². The number of anilines is 1. The predicted molar refractivity (Wildman–Crippen MR) is 80.5 cm³/mol. The molecule has 1 aliphatic rings. The number of likely N-dealkylation sites (tertiary alicyclic amines) is 1. The van der Waals surface area contributed by atoms with Gasteiger partial charge >= 0.3 is 6.03 Å². The molecule has 1 aromatic carbocycles. The first-order valence-electron chi connectivity index (χ1n) is 6.55. The summed E-state index contributed by atoms with van der Waals surface area (Å²) in [6.07, 6.45) is 1.16. The number of amides is 2. The number of halogens is 2. The van der Waals surface area contributed by atoms with Crippen LogP contribution in [-0.4, -0.2) is 29.8 Å². The van der Waals surface area contributed by atoms with Gasteiger partial charge in [0.25, 0.3) is 0 Å². The van der Waals surface area contributed by atoms with Gasteiger partial charge in [0.15, 0.2) is 0 Å². The summed E-state index contributed by atoms with van der Waals surface area (Å²) in [5.41, 5.74) is 0.481. The van der Waals surface area contributed by atoms with Gasteiger partial charge in [-0.05, 0) is 24.6 Å². The second-order valence-electron chi connectivity index (χ2n) is 4.82. The molecule has 4 nitrogen and oxygen atoms in total. The summed E-state index contributed by atoms with van der Waals surface area (Å²) in [4.78, 5) is 25.5. The number of carbonyl (C=O) groups is 2. The fraction of sp³-hybridized carbons (Fsp3) is 0.429. The first kappa shape index (κ1) is 15.1.